The van der Waals surface area contributed by atoms with Crippen molar-refractivity contribution in [1.29, 1.82) is 5.41 Å². The standard InChI is InChI=1S/C18H14F6N4O/c19-13-2-1-10(3-12(13)18(22,23)24)11-4-14(15(5-25)26-6-11)27-7-16(29)28-8-17(20,21)9-28/h1-6,25,27H,7-9H2. The van der Waals surface area contributed by atoms with Gasteiger partial charge < -0.3 is 15.6 Å². The summed E-state index contributed by atoms with van der Waals surface area (Å²) in [7, 11) is 0. The van der Waals surface area contributed by atoms with Gasteiger partial charge in [0.15, 0.2) is 0 Å². The summed E-state index contributed by atoms with van der Waals surface area (Å²) in [5.74, 6) is -4.92. The molecule has 29 heavy (non-hydrogen) atoms. The van der Waals surface area contributed by atoms with Crippen LogP contribution in [0.4, 0.5) is 32.0 Å². The van der Waals surface area contributed by atoms with E-state index >= 15 is 0 Å². The molecule has 1 aromatic carbocycles. The second-order valence-electron chi connectivity index (χ2n) is 6.45. The molecule has 0 aliphatic carbocycles. The zero-order valence-electron chi connectivity index (χ0n) is 14.7. The molecule has 0 unspecified atom stereocenters. The largest absolute Gasteiger partial charge is 0.419 e. The van der Waals surface area contributed by atoms with Gasteiger partial charge in [0.2, 0.25) is 5.91 Å². The van der Waals surface area contributed by atoms with E-state index in [-0.39, 0.29) is 29.1 Å². The number of pyridine rings is 1. The fourth-order valence-corrected chi connectivity index (χ4v) is 2.78. The molecule has 0 atom stereocenters. The number of hydrogen-bond donors (Lipinski definition) is 2. The lowest BCUT2D eigenvalue weighted by molar-refractivity contribution is -0.163. The van der Waals surface area contributed by atoms with Crippen molar-refractivity contribution < 1.29 is 31.1 Å². The number of carbonyl (C=O) groups is 1. The lowest BCUT2D eigenvalue weighted by Crippen LogP contribution is -2.59. The van der Waals surface area contributed by atoms with Crippen molar-refractivity contribution in [2.24, 2.45) is 0 Å². The van der Waals surface area contributed by atoms with Gasteiger partial charge in [0.1, 0.15) is 11.5 Å². The van der Waals surface area contributed by atoms with E-state index in [0.29, 0.717) is 12.1 Å². The second kappa shape index (κ2) is 7.37. The molecule has 5 nitrogen and oxygen atoms in total. The Balaban J connectivity index is 1.82. The zero-order chi connectivity index (χ0) is 21.4. The normalized spacial score (nSPS) is 15.6. The van der Waals surface area contributed by atoms with Crippen LogP contribution in [0.15, 0.2) is 30.5 Å². The highest BCUT2D eigenvalue weighted by Gasteiger charge is 2.45. The van der Waals surface area contributed by atoms with E-state index in [1.54, 1.807) is 0 Å². The number of aromatic nitrogens is 1. The number of halogens is 6. The highest BCUT2D eigenvalue weighted by Crippen LogP contribution is 2.35. The van der Waals surface area contributed by atoms with Crippen LogP contribution in [0.25, 0.3) is 11.1 Å². The first-order chi connectivity index (χ1) is 13.5. The Morgan fingerprint density at radius 3 is 2.52 bits per heavy atom. The summed E-state index contributed by atoms with van der Waals surface area (Å²) in [5.41, 5.74) is -0.981. The number of amides is 1. The lowest BCUT2D eigenvalue weighted by atomic mass is 10.0. The lowest BCUT2D eigenvalue weighted by Gasteiger charge is -2.38. The van der Waals surface area contributed by atoms with E-state index in [1.165, 1.54) is 12.3 Å². The Hall–Kier alpha value is -3.11. The third-order valence-corrected chi connectivity index (χ3v) is 4.29. The third-order valence-electron chi connectivity index (χ3n) is 4.29. The van der Waals surface area contributed by atoms with E-state index in [4.69, 9.17) is 5.41 Å². The van der Waals surface area contributed by atoms with Crippen molar-refractivity contribution >= 4 is 17.8 Å². The molecule has 0 bridgehead atoms. The Kier molecular flexibility index (Phi) is 5.24. The van der Waals surface area contributed by atoms with Gasteiger partial charge in [-0.3, -0.25) is 9.78 Å². The van der Waals surface area contributed by atoms with Crippen LogP contribution < -0.4 is 5.32 Å². The number of nitrogens with one attached hydrogen (secondary N) is 2. The van der Waals surface area contributed by atoms with Crippen LogP contribution in [-0.2, 0) is 11.0 Å². The molecule has 1 fully saturated rings. The number of carbonyl (C=O) groups excluding carboxylic acids is 1. The van der Waals surface area contributed by atoms with Crippen molar-refractivity contribution in [3.8, 4) is 11.1 Å². The van der Waals surface area contributed by atoms with Crippen molar-refractivity contribution in [3.05, 3.63) is 47.5 Å². The molecule has 11 heteroatoms. The highest BCUT2D eigenvalue weighted by atomic mass is 19.4. The van der Waals surface area contributed by atoms with Gasteiger partial charge in [0.05, 0.1) is 30.9 Å². The minimum Gasteiger partial charge on any atom is -0.374 e. The van der Waals surface area contributed by atoms with Crippen LogP contribution in [-0.4, -0.2) is 47.6 Å². The maximum absolute atomic E-state index is 13.5. The number of benzene rings is 1. The van der Waals surface area contributed by atoms with Gasteiger partial charge in [-0.1, -0.05) is 6.07 Å². The van der Waals surface area contributed by atoms with Gasteiger partial charge >= 0.3 is 6.18 Å². The molecule has 0 radical (unpaired) electrons. The fraction of sp³-hybridized carbons (Fsp3) is 0.278. The predicted octanol–water partition coefficient (Wildman–Crippen LogP) is 3.79. The molecule has 1 aromatic heterocycles. The maximum atomic E-state index is 13.5. The molecule has 2 aromatic rings. The summed E-state index contributed by atoms with van der Waals surface area (Å²) in [6, 6.07) is 3.80. The molecule has 3 rings (SSSR count). The Bertz CT molecular complexity index is 952. The number of rotatable bonds is 5. The van der Waals surface area contributed by atoms with Crippen molar-refractivity contribution in [3.63, 3.8) is 0 Å². The molecule has 1 amide bonds. The summed E-state index contributed by atoms with van der Waals surface area (Å²) in [5, 5.41) is 10.0. The number of likely N-dealkylation sites (tertiary alicyclic amines) is 1. The van der Waals surface area contributed by atoms with Crippen LogP contribution >= 0.6 is 0 Å². The highest BCUT2D eigenvalue weighted by molar-refractivity contribution is 5.88. The number of anilines is 1. The number of alkyl halides is 5. The predicted molar refractivity (Wildman–Crippen MR) is 92.5 cm³/mol. The molecule has 0 saturated carbocycles. The van der Waals surface area contributed by atoms with Crippen LogP contribution in [0.3, 0.4) is 0 Å². The van der Waals surface area contributed by atoms with Gasteiger partial charge in [-0.05, 0) is 23.8 Å². The maximum Gasteiger partial charge on any atom is 0.419 e. The Morgan fingerprint density at radius 2 is 1.93 bits per heavy atom. The number of nitrogens with zero attached hydrogens (tertiary/aromatic N) is 2. The first-order valence-electron chi connectivity index (χ1n) is 8.27. The monoisotopic (exact) mass is 416 g/mol. The quantitative estimate of drug-likeness (QED) is 0.576. The Labute approximate surface area is 160 Å². The van der Waals surface area contributed by atoms with E-state index < -0.39 is 42.5 Å². The van der Waals surface area contributed by atoms with Gasteiger partial charge in [0, 0.05) is 18.0 Å². The summed E-state index contributed by atoms with van der Waals surface area (Å²) in [4.78, 5) is 16.8. The van der Waals surface area contributed by atoms with E-state index in [9.17, 15) is 31.1 Å². The van der Waals surface area contributed by atoms with Crippen molar-refractivity contribution in [2.45, 2.75) is 12.1 Å². The van der Waals surface area contributed by atoms with E-state index in [2.05, 4.69) is 10.3 Å². The Morgan fingerprint density at radius 1 is 1.24 bits per heavy atom. The van der Waals surface area contributed by atoms with Gasteiger partial charge in [-0.2, -0.15) is 13.2 Å². The topological polar surface area (TPSA) is 69.1 Å². The summed E-state index contributed by atoms with van der Waals surface area (Å²) < 4.78 is 78.0. The second-order valence-corrected chi connectivity index (χ2v) is 6.45. The van der Waals surface area contributed by atoms with Crippen LogP contribution in [0, 0.1) is 11.2 Å². The third kappa shape index (κ3) is 4.49. The molecule has 2 heterocycles. The molecule has 1 aliphatic rings. The molecule has 0 spiro atoms. The smallest absolute Gasteiger partial charge is 0.374 e. The SMILES string of the molecule is N=Cc1ncc(-c2ccc(F)c(C(F)(F)F)c2)cc1NCC(=O)N1CC(F)(F)C1. The summed E-state index contributed by atoms with van der Waals surface area (Å²) >= 11 is 0. The molecule has 2 N–H and O–H groups in total. The van der Waals surface area contributed by atoms with E-state index in [1.807, 2.05) is 0 Å². The average Bonchev–Trinajstić information content (AvgIpc) is 2.63. The minimum absolute atomic E-state index is 0.0273. The van der Waals surface area contributed by atoms with Crippen molar-refractivity contribution in [1.82, 2.24) is 9.88 Å². The zero-order valence-corrected chi connectivity index (χ0v) is 14.7. The average molecular weight is 416 g/mol. The summed E-state index contributed by atoms with van der Waals surface area (Å²) in [6.45, 7) is -1.72. The van der Waals surface area contributed by atoms with Crippen LogP contribution in [0.2, 0.25) is 0 Å². The first kappa shape index (κ1) is 20.6. The van der Waals surface area contributed by atoms with Gasteiger partial charge in [0.25, 0.3) is 5.92 Å². The molecule has 1 aliphatic heterocycles. The van der Waals surface area contributed by atoms with Crippen molar-refractivity contribution in [2.75, 3.05) is 25.0 Å². The van der Waals surface area contributed by atoms with Crippen LogP contribution in [0.1, 0.15) is 11.3 Å². The van der Waals surface area contributed by atoms with Crippen LogP contribution in [0.5, 0.6) is 0 Å². The number of hydrogen-bond acceptors (Lipinski definition) is 4. The summed E-state index contributed by atoms with van der Waals surface area (Å²) in [6.07, 6.45) is -2.81. The van der Waals surface area contributed by atoms with Gasteiger partial charge in [-0.25, -0.2) is 13.2 Å². The molecule has 154 valence electrons. The minimum atomic E-state index is -4.88. The van der Waals surface area contributed by atoms with Gasteiger partial charge in [-0.15, -0.1) is 0 Å². The fourth-order valence-electron chi connectivity index (χ4n) is 2.78. The molecular weight excluding hydrogens is 402 g/mol. The molecule has 1 saturated heterocycles. The van der Waals surface area contributed by atoms with E-state index in [0.717, 1.165) is 17.2 Å². The molecular formula is C18H14F6N4O. The first-order valence-corrected chi connectivity index (χ1v) is 8.27.